The van der Waals surface area contributed by atoms with Crippen molar-refractivity contribution in [3.8, 4) is 11.5 Å². The largest absolute Gasteiger partial charge is 0.493 e. The van der Waals surface area contributed by atoms with Gasteiger partial charge in [0, 0.05) is 6.08 Å². The minimum absolute atomic E-state index is 0.470. The fourth-order valence-electron chi connectivity index (χ4n) is 1.69. The summed E-state index contributed by atoms with van der Waals surface area (Å²) in [4.78, 5) is 10.5. The molecule has 0 spiro atoms. The van der Waals surface area contributed by atoms with Gasteiger partial charge < -0.3 is 14.6 Å². The molecule has 1 rings (SSSR count). The molecule has 0 atom stereocenters. The average Bonchev–Trinajstić information content (AvgIpc) is 2.43. The van der Waals surface area contributed by atoms with E-state index in [4.69, 9.17) is 47.8 Å². The zero-order valence-corrected chi connectivity index (χ0v) is 15.3. The van der Waals surface area contributed by atoms with E-state index in [1.54, 1.807) is 25.3 Å². The Hall–Kier alpha value is -0.883. The summed E-state index contributed by atoms with van der Waals surface area (Å²) in [5, 5.41) is 8.64. The van der Waals surface area contributed by atoms with Crippen LogP contribution in [0.15, 0.2) is 24.3 Å². The maximum Gasteiger partial charge on any atom is 0.341 e. The van der Waals surface area contributed by atoms with Crippen molar-refractivity contribution in [2.24, 2.45) is 0 Å². The number of hydrogen-bond acceptors (Lipinski definition) is 3. The Morgan fingerprint density at radius 1 is 1.27 bits per heavy atom. The number of aliphatic carboxylic acids is 1. The van der Waals surface area contributed by atoms with Gasteiger partial charge in [-0.3, -0.25) is 0 Å². The smallest absolute Gasteiger partial charge is 0.341 e. The highest BCUT2D eigenvalue weighted by atomic mass is 35.8. The van der Waals surface area contributed by atoms with Crippen molar-refractivity contribution in [1.82, 2.24) is 0 Å². The second-order valence-electron chi connectivity index (χ2n) is 4.50. The first-order valence-corrected chi connectivity index (χ1v) is 11.8. The van der Waals surface area contributed by atoms with E-state index in [0.29, 0.717) is 29.7 Å². The Morgan fingerprint density at radius 3 is 2.59 bits per heavy atom. The Morgan fingerprint density at radius 2 is 2.00 bits per heavy atom. The van der Waals surface area contributed by atoms with E-state index >= 15 is 0 Å². The van der Waals surface area contributed by atoms with Crippen LogP contribution in [0.4, 0.5) is 0 Å². The fourth-order valence-corrected chi connectivity index (χ4v) is 3.54. The first kappa shape index (κ1) is 19.2. The number of carboxylic acid groups (broad SMARTS) is 1. The van der Waals surface area contributed by atoms with Gasteiger partial charge in [0.2, 0.25) is 0 Å². The van der Waals surface area contributed by atoms with Gasteiger partial charge in [-0.15, -0.1) is 33.2 Å². The lowest BCUT2D eigenvalue weighted by Crippen LogP contribution is -2.09. The summed E-state index contributed by atoms with van der Waals surface area (Å²) >= 11 is 17.4. The third-order valence-electron chi connectivity index (χ3n) is 2.72. The van der Waals surface area contributed by atoms with Crippen LogP contribution in [0.25, 0.3) is 6.08 Å². The van der Waals surface area contributed by atoms with E-state index in [1.807, 2.05) is 0 Å². The summed E-state index contributed by atoms with van der Waals surface area (Å²) in [7, 11) is 1.55. The zero-order valence-electron chi connectivity index (χ0n) is 12.0. The minimum atomic E-state index is -2.56. The summed E-state index contributed by atoms with van der Waals surface area (Å²) in [5.74, 6) is 0.138. The molecule has 0 amide bonds. The van der Waals surface area contributed by atoms with Crippen molar-refractivity contribution in [2.45, 2.75) is 18.9 Å². The van der Waals surface area contributed by atoms with Gasteiger partial charge in [-0.2, -0.15) is 0 Å². The quantitative estimate of drug-likeness (QED) is 0.293. The molecule has 0 radical (unpaired) electrons. The second kappa shape index (κ2) is 9.30. The molecule has 0 aromatic heterocycles. The van der Waals surface area contributed by atoms with Crippen LogP contribution >= 0.6 is 33.2 Å². The van der Waals surface area contributed by atoms with E-state index in [9.17, 15) is 4.79 Å². The lowest BCUT2D eigenvalue weighted by atomic mass is 10.2. The molecule has 0 aliphatic rings. The van der Waals surface area contributed by atoms with E-state index in [0.717, 1.165) is 18.9 Å². The van der Waals surface area contributed by atoms with E-state index in [-0.39, 0.29) is 0 Å². The maximum atomic E-state index is 10.5. The van der Waals surface area contributed by atoms with Crippen molar-refractivity contribution in [3.63, 3.8) is 0 Å². The number of methoxy groups -OCH3 is 1. The van der Waals surface area contributed by atoms with Gasteiger partial charge in [0.25, 0.3) is 0 Å². The molecule has 122 valence electrons. The summed E-state index contributed by atoms with van der Waals surface area (Å²) in [6.07, 6.45) is 4.10. The van der Waals surface area contributed by atoms with Crippen molar-refractivity contribution in [3.05, 3.63) is 29.8 Å². The molecule has 0 unspecified atom stereocenters. The lowest BCUT2D eigenvalue weighted by molar-refractivity contribution is -0.131. The SMILES string of the molecule is COc1ccc(C=CC(=O)O)cc1OCCCC[Si](Cl)(Cl)Cl. The molecule has 1 aromatic carbocycles. The molecule has 1 N–H and O–H groups in total. The topological polar surface area (TPSA) is 55.8 Å². The predicted octanol–water partition coefficient (Wildman–Crippen LogP) is 4.61. The first-order chi connectivity index (χ1) is 10.3. The molecule has 0 saturated carbocycles. The standard InChI is InChI=1S/C14H17Cl3O4Si/c1-20-12-6-4-11(5-7-14(18)19)10-13(12)21-8-2-3-9-22(15,16)17/h4-7,10H,2-3,8-9H2,1H3,(H,18,19). The van der Waals surface area contributed by atoms with Crippen LogP contribution in [0.5, 0.6) is 11.5 Å². The molecule has 0 aliphatic carbocycles. The van der Waals surface area contributed by atoms with E-state index in [1.165, 1.54) is 6.08 Å². The first-order valence-electron chi connectivity index (χ1n) is 6.60. The second-order valence-corrected chi connectivity index (χ2v) is 13.8. The number of hydrogen-bond donors (Lipinski definition) is 1. The summed E-state index contributed by atoms with van der Waals surface area (Å²) < 4.78 is 10.9. The van der Waals surface area contributed by atoms with Crippen molar-refractivity contribution in [1.29, 1.82) is 0 Å². The van der Waals surface area contributed by atoms with Crippen LogP contribution in [0.1, 0.15) is 18.4 Å². The Bertz CT molecular complexity index is 529. The van der Waals surface area contributed by atoms with Gasteiger partial charge in [-0.05, 0) is 42.7 Å². The molecular weight excluding hydrogens is 367 g/mol. The summed E-state index contributed by atoms with van der Waals surface area (Å²) in [5.41, 5.74) is 0.715. The van der Waals surface area contributed by atoms with Crippen molar-refractivity contribution < 1.29 is 19.4 Å². The number of rotatable bonds is 9. The summed E-state index contributed by atoms with van der Waals surface area (Å²) in [6.45, 7) is 0.470. The van der Waals surface area contributed by atoms with Crippen LogP contribution in [-0.2, 0) is 4.79 Å². The number of ether oxygens (including phenoxy) is 2. The zero-order chi connectivity index (χ0) is 16.6. The number of unbranched alkanes of at least 4 members (excludes halogenated alkanes) is 1. The normalized spacial score (nSPS) is 11.6. The Labute approximate surface area is 144 Å². The molecule has 4 nitrogen and oxygen atoms in total. The highest BCUT2D eigenvalue weighted by Crippen LogP contribution is 2.30. The Balaban J connectivity index is 2.60. The van der Waals surface area contributed by atoms with Gasteiger partial charge in [0.05, 0.1) is 13.7 Å². The van der Waals surface area contributed by atoms with Gasteiger partial charge in [0.15, 0.2) is 11.5 Å². The highest BCUT2D eigenvalue weighted by molar-refractivity contribution is 7.64. The lowest BCUT2D eigenvalue weighted by Gasteiger charge is -2.12. The van der Waals surface area contributed by atoms with Crippen molar-refractivity contribution >= 4 is 51.3 Å². The molecule has 22 heavy (non-hydrogen) atoms. The van der Waals surface area contributed by atoms with Crippen molar-refractivity contribution in [2.75, 3.05) is 13.7 Å². The van der Waals surface area contributed by atoms with E-state index in [2.05, 4.69) is 0 Å². The monoisotopic (exact) mass is 382 g/mol. The van der Waals surface area contributed by atoms with Gasteiger partial charge >= 0.3 is 12.0 Å². The predicted molar refractivity (Wildman–Crippen MR) is 92.5 cm³/mol. The van der Waals surface area contributed by atoms with Crippen LogP contribution < -0.4 is 9.47 Å². The third kappa shape index (κ3) is 7.94. The molecule has 8 heteroatoms. The highest BCUT2D eigenvalue weighted by Gasteiger charge is 2.23. The van der Waals surface area contributed by atoms with E-state index < -0.39 is 12.0 Å². The number of carbonyl (C=O) groups is 1. The molecule has 0 aliphatic heterocycles. The average molecular weight is 384 g/mol. The van der Waals surface area contributed by atoms with Crippen LogP contribution in [0, 0.1) is 0 Å². The van der Waals surface area contributed by atoms with Gasteiger partial charge in [-0.25, -0.2) is 4.79 Å². The van der Waals surface area contributed by atoms with Gasteiger partial charge in [-0.1, -0.05) is 6.07 Å². The number of benzene rings is 1. The van der Waals surface area contributed by atoms with Gasteiger partial charge in [0.1, 0.15) is 0 Å². The molecule has 0 saturated heterocycles. The van der Waals surface area contributed by atoms with Crippen LogP contribution in [0.2, 0.25) is 6.04 Å². The Kier molecular flexibility index (Phi) is 8.10. The maximum absolute atomic E-state index is 10.5. The van der Waals surface area contributed by atoms with Crippen LogP contribution in [-0.4, -0.2) is 30.8 Å². The molecule has 0 bridgehead atoms. The third-order valence-corrected chi connectivity index (χ3v) is 5.34. The molecular formula is C14H17Cl3O4Si. The minimum Gasteiger partial charge on any atom is -0.493 e. The summed E-state index contributed by atoms with van der Waals surface area (Å²) in [6, 6.07) is 3.23. The molecule has 1 aromatic rings. The molecule has 0 fully saturated rings. The number of halogens is 3. The fraction of sp³-hybridized carbons (Fsp3) is 0.357. The number of carboxylic acids is 1. The van der Waals surface area contributed by atoms with Crippen LogP contribution in [0.3, 0.4) is 0 Å². The molecule has 0 heterocycles.